The Kier molecular flexibility index (Phi) is 5.76. The Hall–Kier alpha value is -2.64. The van der Waals surface area contributed by atoms with Crippen LogP contribution in [0.2, 0.25) is 0 Å². The van der Waals surface area contributed by atoms with Crippen molar-refractivity contribution in [3.05, 3.63) is 52.8 Å². The van der Waals surface area contributed by atoms with E-state index in [9.17, 15) is 15.0 Å². The van der Waals surface area contributed by atoms with E-state index in [0.29, 0.717) is 24.5 Å². The van der Waals surface area contributed by atoms with Gasteiger partial charge in [0.05, 0.1) is 17.1 Å². The van der Waals surface area contributed by atoms with Gasteiger partial charge in [0, 0.05) is 36.1 Å². The van der Waals surface area contributed by atoms with Gasteiger partial charge >= 0.3 is 0 Å². The number of amides is 1. The van der Waals surface area contributed by atoms with Crippen molar-refractivity contribution in [3.8, 4) is 11.5 Å². The third-order valence-corrected chi connectivity index (χ3v) is 11.5. The Morgan fingerprint density at radius 2 is 1.90 bits per heavy atom. The Labute approximate surface area is 236 Å². The number of ether oxygens (including phenoxy) is 1. The first-order chi connectivity index (χ1) is 19.5. The molecule has 1 aromatic carbocycles. The van der Waals surface area contributed by atoms with Gasteiger partial charge in [-0.1, -0.05) is 31.7 Å². The highest BCUT2D eigenvalue weighted by Crippen LogP contribution is 2.65. The number of aromatic hydroxyl groups is 1. The molecule has 3 saturated carbocycles. The molecule has 3 N–H and O–H groups in total. The van der Waals surface area contributed by atoms with Gasteiger partial charge in [-0.3, -0.25) is 14.7 Å². The Balaban J connectivity index is 1.14. The molecular weight excluding hydrogens is 502 g/mol. The summed E-state index contributed by atoms with van der Waals surface area (Å²) in [5.74, 6) is 1.71. The second-order valence-corrected chi connectivity index (χ2v) is 13.6. The van der Waals surface area contributed by atoms with Gasteiger partial charge in [0.1, 0.15) is 6.10 Å². The minimum atomic E-state index is -0.944. The number of rotatable bonds is 5. The SMILES string of the molecule is O=C(N[C@@H]1CC[C@@]2(O)[C@H]3Cc4ccc(O)c5c4[C@@]2(CCN3CC2CC2)[C@H]1O5)c1ccncc1C1CCCCCC1. The molecular formula is C33H41N3O4. The van der Waals surface area contributed by atoms with Crippen molar-refractivity contribution in [2.24, 2.45) is 5.92 Å². The van der Waals surface area contributed by atoms with Crippen molar-refractivity contribution in [2.75, 3.05) is 13.1 Å². The first kappa shape index (κ1) is 25.1. The van der Waals surface area contributed by atoms with Gasteiger partial charge in [-0.15, -0.1) is 0 Å². The smallest absolute Gasteiger partial charge is 0.252 e. The van der Waals surface area contributed by atoms with E-state index < -0.39 is 17.1 Å². The molecule has 0 unspecified atom stereocenters. The summed E-state index contributed by atoms with van der Waals surface area (Å²) in [4.78, 5) is 20.9. The number of likely N-dealkylation sites (tertiary alicyclic amines) is 1. The number of piperidine rings is 1. The van der Waals surface area contributed by atoms with E-state index in [-0.39, 0.29) is 23.7 Å². The number of carbonyl (C=O) groups is 1. The Bertz CT molecular complexity index is 1330. The lowest BCUT2D eigenvalue weighted by atomic mass is 9.48. The van der Waals surface area contributed by atoms with Crippen LogP contribution in [0.15, 0.2) is 30.6 Å². The van der Waals surface area contributed by atoms with Crippen LogP contribution in [0.25, 0.3) is 0 Å². The average molecular weight is 544 g/mol. The van der Waals surface area contributed by atoms with Crippen LogP contribution in [0.4, 0.5) is 0 Å². The first-order valence-electron chi connectivity index (χ1n) is 15.7. The normalized spacial score (nSPS) is 35.0. The maximum atomic E-state index is 14.0. The molecule has 4 fully saturated rings. The van der Waals surface area contributed by atoms with E-state index in [1.54, 1.807) is 12.3 Å². The molecule has 1 spiro atoms. The number of carbonyl (C=O) groups excluding carboxylic acids is 1. The predicted molar refractivity (Wildman–Crippen MR) is 151 cm³/mol. The van der Waals surface area contributed by atoms with Gasteiger partial charge in [-0.05, 0) is 93.0 Å². The zero-order valence-electron chi connectivity index (χ0n) is 23.3. The molecule has 212 valence electrons. The number of hydrogen-bond donors (Lipinski definition) is 3. The van der Waals surface area contributed by atoms with Crippen LogP contribution in [0.5, 0.6) is 11.5 Å². The summed E-state index contributed by atoms with van der Waals surface area (Å²) >= 11 is 0. The van der Waals surface area contributed by atoms with E-state index >= 15 is 0 Å². The summed E-state index contributed by atoms with van der Waals surface area (Å²) < 4.78 is 6.66. The molecule has 40 heavy (non-hydrogen) atoms. The minimum Gasteiger partial charge on any atom is -0.504 e. The quantitative estimate of drug-likeness (QED) is 0.478. The third-order valence-electron chi connectivity index (χ3n) is 11.5. The summed E-state index contributed by atoms with van der Waals surface area (Å²) in [7, 11) is 0. The van der Waals surface area contributed by atoms with Gasteiger partial charge in [-0.25, -0.2) is 0 Å². The molecule has 1 aromatic heterocycles. The fraction of sp³-hybridized carbons (Fsp3) is 0.636. The van der Waals surface area contributed by atoms with Crippen LogP contribution in [0.1, 0.15) is 104 Å². The molecule has 4 aliphatic carbocycles. The van der Waals surface area contributed by atoms with Gasteiger partial charge in [-0.2, -0.15) is 0 Å². The molecule has 1 amide bonds. The topological polar surface area (TPSA) is 94.9 Å². The number of benzene rings is 1. The number of phenolic OH excluding ortho intramolecular Hbond substituents is 1. The van der Waals surface area contributed by atoms with Crippen LogP contribution < -0.4 is 10.1 Å². The fourth-order valence-corrected chi connectivity index (χ4v) is 9.40. The molecule has 5 atom stereocenters. The molecule has 3 heterocycles. The van der Waals surface area contributed by atoms with E-state index in [0.717, 1.165) is 61.4 Å². The van der Waals surface area contributed by atoms with Gasteiger partial charge < -0.3 is 20.3 Å². The first-order valence-corrected chi connectivity index (χ1v) is 15.7. The highest BCUT2D eigenvalue weighted by molar-refractivity contribution is 5.96. The summed E-state index contributed by atoms with van der Waals surface area (Å²) in [6.07, 6.45) is 15.7. The second-order valence-electron chi connectivity index (χ2n) is 13.6. The van der Waals surface area contributed by atoms with Gasteiger partial charge in [0.25, 0.3) is 5.91 Å². The Morgan fingerprint density at radius 1 is 1.07 bits per heavy atom. The lowest BCUT2D eigenvalue weighted by molar-refractivity contribution is -0.191. The second kappa shape index (κ2) is 9.18. The van der Waals surface area contributed by atoms with E-state index in [2.05, 4.69) is 15.2 Å². The molecule has 8 rings (SSSR count). The monoisotopic (exact) mass is 543 g/mol. The number of pyridine rings is 1. The molecule has 2 aromatic rings. The van der Waals surface area contributed by atoms with Crippen molar-refractivity contribution in [2.45, 2.75) is 112 Å². The van der Waals surface area contributed by atoms with E-state index in [4.69, 9.17) is 4.74 Å². The lowest BCUT2D eigenvalue weighted by Gasteiger charge is -2.64. The standard InChI is InChI=1S/C33H41N3O4/c37-26-10-9-22-17-27-33(39)13-11-25(30-32(33,28(22)29(26)40-30)14-16-36(27)19-20-7-8-20)35-31(38)23-12-15-34-18-24(23)21-5-3-1-2-4-6-21/h9-10,12,15,18,20-21,25,27,30,37,39H,1-8,11,13-14,16-17,19H2,(H,35,38)/t25-,27-,30+,32+,33-/m1/s1. The molecule has 7 nitrogen and oxygen atoms in total. The Morgan fingerprint density at radius 3 is 2.70 bits per heavy atom. The molecule has 6 aliphatic rings. The number of aromatic nitrogens is 1. The van der Waals surface area contributed by atoms with Crippen molar-refractivity contribution in [1.29, 1.82) is 0 Å². The fourth-order valence-electron chi connectivity index (χ4n) is 9.40. The summed E-state index contributed by atoms with van der Waals surface area (Å²) in [5.41, 5.74) is 2.40. The van der Waals surface area contributed by atoms with Crippen LogP contribution >= 0.6 is 0 Å². The molecule has 1 saturated heterocycles. The number of hydrogen-bond acceptors (Lipinski definition) is 6. The van der Waals surface area contributed by atoms with Crippen LogP contribution in [-0.2, 0) is 11.8 Å². The van der Waals surface area contributed by atoms with Crippen molar-refractivity contribution >= 4 is 5.91 Å². The van der Waals surface area contributed by atoms with Crippen LogP contribution in [0.3, 0.4) is 0 Å². The van der Waals surface area contributed by atoms with Crippen molar-refractivity contribution < 1.29 is 19.7 Å². The zero-order valence-corrected chi connectivity index (χ0v) is 23.3. The minimum absolute atomic E-state index is 0.0367. The highest BCUT2D eigenvalue weighted by Gasteiger charge is 2.73. The van der Waals surface area contributed by atoms with E-state index in [1.165, 1.54) is 44.1 Å². The average Bonchev–Trinajstić information content (AvgIpc) is 3.75. The number of aliphatic hydroxyl groups is 1. The van der Waals surface area contributed by atoms with Crippen LogP contribution in [-0.4, -0.2) is 62.9 Å². The maximum absolute atomic E-state index is 14.0. The van der Waals surface area contributed by atoms with Crippen LogP contribution in [0, 0.1) is 5.92 Å². The highest BCUT2D eigenvalue weighted by atomic mass is 16.5. The number of nitrogens with zero attached hydrogens (tertiary/aromatic N) is 2. The number of nitrogens with one attached hydrogen (secondary N) is 1. The predicted octanol–water partition coefficient (Wildman–Crippen LogP) is 4.59. The van der Waals surface area contributed by atoms with E-state index in [1.807, 2.05) is 18.3 Å². The molecule has 2 aliphatic heterocycles. The summed E-state index contributed by atoms with van der Waals surface area (Å²) in [6.45, 7) is 1.97. The molecule has 7 heteroatoms. The maximum Gasteiger partial charge on any atom is 0.252 e. The molecule has 2 bridgehead atoms. The van der Waals surface area contributed by atoms with Crippen molar-refractivity contribution in [1.82, 2.24) is 15.2 Å². The summed E-state index contributed by atoms with van der Waals surface area (Å²) in [5, 5.41) is 27.0. The van der Waals surface area contributed by atoms with Crippen molar-refractivity contribution in [3.63, 3.8) is 0 Å². The lowest BCUT2D eigenvalue weighted by Crippen LogP contribution is -2.78. The van der Waals surface area contributed by atoms with Gasteiger partial charge in [0.15, 0.2) is 11.5 Å². The molecule has 0 radical (unpaired) electrons. The third kappa shape index (κ3) is 3.56. The zero-order chi connectivity index (χ0) is 27.1. The summed E-state index contributed by atoms with van der Waals surface area (Å²) in [6, 6.07) is 5.43. The number of phenols is 1. The largest absolute Gasteiger partial charge is 0.504 e. The van der Waals surface area contributed by atoms with Gasteiger partial charge in [0.2, 0.25) is 0 Å².